The number of rotatable bonds is 2. The zero-order valence-corrected chi connectivity index (χ0v) is 13.0. The Morgan fingerprint density at radius 3 is 2.77 bits per heavy atom. The molecule has 4 rings (SSSR count). The molecule has 4 heteroatoms. The molecule has 0 aliphatic carbocycles. The van der Waals surface area contributed by atoms with Gasteiger partial charge in [-0.05, 0) is 24.5 Å². The minimum Gasteiger partial charge on any atom is -0.302 e. The second kappa shape index (κ2) is 5.46. The first kappa shape index (κ1) is 13.3. The predicted octanol–water partition coefficient (Wildman–Crippen LogP) is 3.95. The number of nitrogens with zero attached hydrogens (tertiary/aromatic N) is 3. The maximum atomic E-state index is 4.85. The molecule has 1 aromatic heterocycles. The van der Waals surface area contributed by atoms with Gasteiger partial charge in [0, 0.05) is 28.4 Å². The summed E-state index contributed by atoms with van der Waals surface area (Å²) in [6, 6.07) is 16.9. The van der Waals surface area contributed by atoms with E-state index in [0.29, 0.717) is 6.54 Å². The average Bonchev–Trinajstić information content (AvgIpc) is 2.98. The van der Waals surface area contributed by atoms with E-state index in [-0.39, 0.29) is 0 Å². The van der Waals surface area contributed by atoms with Crippen molar-refractivity contribution in [1.82, 2.24) is 9.55 Å². The van der Waals surface area contributed by atoms with Crippen LogP contribution in [0.25, 0.3) is 5.69 Å². The minimum atomic E-state index is 0.598. The van der Waals surface area contributed by atoms with Gasteiger partial charge in [-0.1, -0.05) is 30.3 Å². The van der Waals surface area contributed by atoms with Crippen LogP contribution in [-0.2, 0) is 6.54 Å². The van der Waals surface area contributed by atoms with Gasteiger partial charge in [0.15, 0.2) is 0 Å². The average molecular weight is 305 g/mol. The van der Waals surface area contributed by atoms with Crippen molar-refractivity contribution in [3.63, 3.8) is 0 Å². The van der Waals surface area contributed by atoms with Crippen LogP contribution in [0.5, 0.6) is 0 Å². The monoisotopic (exact) mass is 305 g/mol. The Labute approximate surface area is 133 Å². The summed E-state index contributed by atoms with van der Waals surface area (Å²) in [7, 11) is 0. The molecule has 0 amide bonds. The van der Waals surface area contributed by atoms with Crippen molar-refractivity contribution in [2.24, 2.45) is 4.99 Å². The molecule has 0 bridgehead atoms. The molecule has 3 aromatic rings. The zero-order chi connectivity index (χ0) is 14.9. The fourth-order valence-electron chi connectivity index (χ4n) is 2.79. The molecule has 0 N–H and O–H groups in total. The summed E-state index contributed by atoms with van der Waals surface area (Å²) in [6.45, 7) is 0.598. The van der Waals surface area contributed by atoms with Crippen LogP contribution in [0.3, 0.4) is 0 Å². The van der Waals surface area contributed by atoms with Crippen molar-refractivity contribution in [3.8, 4) is 5.69 Å². The van der Waals surface area contributed by atoms with Crippen LogP contribution < -0.4 is 0 Å². The molecular weight excluding hydrogens is 290 g/mol. The van der Waals surface area contributed by atoms with Crippen LogP contribution in [-0.4, -0.2) is 21.5 Å². The minimum absolute atomic E-state index is 0.598. The predicted molar refractivity (Wildman–Crippen MR) is 91.1 cm³/mol. The largest absolute Gasteiger partial charge is 0.302 e. The van der Waals surface area contributed by atoms with E-state index in [2.05, 4.69) is 58.3 Å². The number of thioether (sulfide) groups is 1. The molecule has 0 saturated heterocycles. The van der Waals surface area contributed by atoms with E-state index in [1.165, 1.54) is 4.90 Å². The summed E-state index contributed by atoms with van der Waals surface area (Å²) in [5, 5.41) is 0. The Kier molecular flexibility index (Phi) is 3.31. The second-order valence-electron chi connectivity index (χ2n) is 5.13. The van der Waals surface area contributed by atoms with Gasteiger partial charge >= 0.3 is 0 Å². The van der Waals surface area contributed by atoms with E-state index in [9.17, 15) is 0 Å². The molecular formula is C18H15N3S. The third-order valence-corrected chi connectivity index (χ3v) is 4.59. The number of aromatic nitrogens is 2. The Bertz CT molecular complexity index is 850. The van der Waals surface area contributed by atoms with E-state index in [4.69, 9.17) is 4.99 Å². The summed E-state index contributed by atoms with van der Waals surface area (Å²) >= 11 is 1.75. The lowest BCUT2D eigenvalue weighted by Crippen LogP contribution is -2.07. The molecule has 1 aliphatic heterocycles. The lowest BCUT2D eigenvalue weighted by molar-refractivity contribution is 0.879. The van der Waals surface area contributed by atoms with Gasteiger partial charge in [0.05, 0.1) is 17.9 Å². The fourth-order valence-corrected chi connectivity index (χ4v) is 3.23. The fraction of sp³-hybridized carbons (Fsp3) is 0.111. The Morgan fingerprint density at radius 1 is 1.09 bits per heavy atom. The number of hydrogen-bond acceptors (Lipinski definition) is 3. The highest BCUT2D eigenvalue weighted by Crippen LogP contribution is 2.28. The summed E-state index contributed by atoms with van der Waals surface area (Å²) in [5.74, 6) is 0.976. The van der Waals surface area contributed by atoms with Crippen molar-refractivity contribution >= 4 is 17.5 Å². The molecule has 1 aliphatic rings. The summed E-state index contributed by atoms with van der Waals surface area (Å²) < 4.78 is 2.14. The Hall–Kier alpha value is -2.33. The molecule has 0 fully saturated rings. The standard InChI is InChI=1S/C18H15N3S/c1-22-14-7-8-16-15(11-14)18(13-5-3-2-4-6-13)20-12-17-19-9-10-21(16)17/h2-11H,12H2,1H3. The molecule has 3 nitrogen and oxygen atoms in total. The van der Waals surface area contributed by atoms with Crippen LogP contribution in [0.15, 0.2) is 70.8 Å². The first-order valence-corrected chi connectivity index (χ1v) is 8.40. The SMILES string of the molecule is CSc1ccc2c(c1)C(c1ccccc1)=NCc1nccn1-2. The normalized spacial score (nSPS) is 13.0. The van der Waals surface area contributed by atoms with E-state index in [1.54, 1.807) is 11.8 Å². The molecule has 0 unspecified atom stereocenters. The van der Waals surface area contributed by atoms with Crippen molar-refractivity contribution in [2.45, 2.75) is 11.4 Å². The third kappa shape index (κ3) is 2.16. The topological polar surface area (TPSA) is 30.2 Å². The molecule has 22 heavy (non-hydrogen) atoms. The number of aliphatic imine (C=N–C) groups is 1. The Balaban J connectivity index is 1.98. The van der Waals surface area contributed by atoms with E-state index >= 15 is 0 Å². The van der Waals surface area contributed by atoms with Gasteiger partial charge < -0.3 is 4.57 Å². The summed E-state index contributed by atoms with van der Waals surface area (Å²) in [5.41, 5.74) is 4.49. The Morgan fingerprint density at radius 2 is 1.95 bits per heavy atom. The number of benzene rings is 2. The van der Waals surface area contributed by atoms with Gasteiger partial charge in [-0.15, -0.1) is 11.8 Å². The molecule has 0 spiro atoms. The van der Waals surface area contributed by atoms with Crippen molar-refractivity contribution in [2.75, 3.05) is 6.26 Å². The van der Waals surface area contributed by atoms with Gasteiger partial charge in [-0.2, -0.15) is 0 Å². The van der Waals surface area contributed by atoms with E-state index in [1.807, 2.05) is 18.5 Å². The van der Waals surface area contributed by atoms with Crippen LogP contribution >= 0.6 is 11.8 Å². The highest BCUT2D eigenvalue weighted by atomic mass is 32.2. The zero-order valence-electron chi connectivity index (χ0n) is 12.2. The summed E-state index contributed by atoms with van der Waals surface area (Å²) in [4.78, 5) is 10.5. The molecule has 0 saturated carbocycles. The lowest BCUT2D eigenvalue weighted by Gasteiger charge is -2.13. The van der Waals surface area contributed by atoms with Gasteiger partial charge in [-0.25, -0.2) is 4.98 Å². The molecule has 2 heterocycles. The van der Waals surface area contributed by atoms with Gasteiger partial charge in [0.2, 0.25) is 0 Å². The second-order valence-corrected chi connectivity index (χ2v) is 6.01. The maximum Gasteiger partial charge on any atom is 0.134 e. The lowest BCUT2D eigenvalue weighted by atomic mass is 10.0. The number of imidazole rings is 1. The maximum absolute atomic E-state index is 4.85. The molecule has 0 atom stereocenters. The van der Waals surface area contributed by atoms with Crippen LogP contribution in [0.4, 0.5) is 0 Å². The highest BCUT2D eigenvalue weighted by Gasteiger charge is 2.19. The number of fused-ring (bicyclic) bond motifs is 3. The van der Waals surface area contributed by atoms with Crippen molar-refractivity contribution in [3.05, 3.63) is 77.9 Å². The number of hydrogen-bond donors (Lipinski definition) is 0. The molecule has 108 valence electrons. The smallest absolute Gasteiger partial charge is 0.134 e. The van der Waals surface area contributed by atoms with E-state index in [0.717, 1.165) is 28.4 Å². The first-order chi connectivity index (χ1) is 10.9. The van der Waals surface area contributed by atoms with E-state index < -0.39 is 0 Å². The summed E-state index contributed by atoms with van der Waals surface area (Å²) in [6.07, 6.45) is 5.95. The van der Waals surface area contributed by atoms with Crippen molar-refractivity contribution < 1.29 is 0 Å². The highest BCUT2D eigenvalue weighted by molar-refractivity contribution is 7.98. The molecule has 0 radical (unpaired) electrons. The van der Waals surface area contributed by atoms with Crippen LogP contribution in [0.1, 0.15) is 17.0 Å². The van der Waals surface area contributed by atoms with Crippen LogP contribution in [0, 0.1) is 0 Å². The third-order valence-electron chi connectivity index (χ3n) is 3.86. The van der Waals surface area contributed by atoms with Crippen molar-refractivity contribution in [1.29, 1.82) is 0 Å². The first-order valence-electron chi connectivity index (χ1n) is 7.18. The van der Waals surface area contributed by atoms with Gasteiger partial charge in [-0.3, -0.25) is 4.99 Å². The molecule has 2 aromatic carbocycles. The quantitative estimate of drug-likeness (QED) is 0.671. The van der Waals surface area contributed by atoms with Crippen LogP contribution in [0.2, 0.25) is 0 Å². The van der Waals surface area contributed by atoms with Gasteiger partial charge in [0.25, 0.3) is 0 Å². The van der Waals surface area contributed by atoms with Gasteiger partial charge in [0.1, 0.15) is 5.82 Å².